The van der Waals surface area contributed by atoms with E-state index in [1.54, 1.807) is 0 Å². The Morgan fingerprint density at radius 3 is 2.69 bits per heavy atom. The van der Waals surface area contributed by atoms with Gasteiger partial charge in [0.2, 0.25) is 0 Å². The summed E-state index contributed by atoms with van der Waals surface area (Å²) >= 11 is 5.97. The molecule has 0 unspecified atom stereocenters. The molecule has 1 aromatic carbocycles. The van der Waals surface area contributed by atoms with Crippen molar-refractivity contribution in [3.8, 4) is 0 Å². The fourth-order valence-electron chi connectivity index (χ4n) is 1.10. The van der Waals surface area contributed by atoms with Crippen molar-refractivity contribution >= 4 is 17.3 Å². The predicted octanol–water partition coefficient (Wildman–Crippen LogP) is 2.08. The number of aryl methyl sites for hydroxylation is 1. The molecule has 0 aliphatic carbocycles. The lowest BCUT2D eigenvalue weighted by molar-refractivity contribution is 0.304. The van der Waals surface area contributed by atoms with Crippen LogP contribution < -0.4 is 4.90 Å². The summed E-state index contributed by atoms with van der Waals surface area (Å²) in [6, 6.07) is 5.88. The van der Waals surface area contributed by atoms with Gasteiger partial charge in [0.05, 0.1) is 6.61 Å². The SMILES string of the molecule is Cc1ccc(N(C)CCO)cc1Cl. The zero-order chi connectivity index (χ0) is 9.84. The average molecular weight is 200 g/mol. The van der Waals surface area contributed by atoms with E-state index in [4.69, 9.17) is 16.7 Å². The van der Waals surface area contributed by atoms with Gasteiger partial charge in [-0.3, -0.25) is 0 Å². The van der Waals surface area contributed by atoms with Crippen LogP contribution in [0.15, 0.2) is 18.2 Å². The Bertz CT molecular complexity index is 288. The van der Waals surface area contributed by atoms with E-state index in [9.17, 15) is 0 Å². The normalized spacial score (nSPS) is 10.2. The lowest BCUT2D eigenvalue weighted by atomic mass is 10.2. The van der Waals surface area contributed by atoms with Crippen molar-refractivity contribution in [3.63, 3.8) is 0 Å². The molecule has 0 aromatic heterocycles. The van der Waals surface area contributed by atoms with E-state index in [0.29, 0.717) is 6.54 Å². The molecule has 0 fully saturated rings. The predicted molar refractivity (Wildman–Crippen MR) is 56.5 cm³/mol. The van der Waals surface area contributed by atoms with E-state index >= 15 is 0 Å². The number of anilines is 1. The number of aliphatic hydroxyl groups excluding tert-OH is 1. The Balaban J connectivity index is 2.84. The lowest BCUT2D eigenvalue weighted by Gasteiger charge is -2.18. The highest BCUT2D eigenvalue weighted by atomic mass is 35.5. The molecule has 0 aliphatic rings. The molecule has 72 valence electrons. The molecule has 1 aromatic rings. The summed E-state index contributed by atoms with van der Waals surface area (Å²) in [4.78, 5) is 1.96. The topological polar surface area (TPSA) is 23.5 Å². The zero-order valence-corrected chi connectivity index (χ0v) is 8.67. The van der Waals surface area contributed by atoms with Gasteiger partial charge in [0.1, 0.15) is 0 Å². The van der Waals surface area contributed by atoms with Crippen LogP contribution in [-0.4, -0.2) is 25.3 Å². The van der Waals surface area contributed by atoms with Crippen molar-refractivity contribution in [2.24, 2.45) is 0 Å². The second-order valence-electron chi connectivity index (χ2n) is 3.08. The monoisotopic (exact) mass is 199 g/mol. The number of hydrogen-bond acceptors (Lipinski definition) is 2. The Hall–Kier alpha value is -0.730. The molecule has 3 heteroatoms. The minimum absolute atomic E-state index is 0.155. The van der Waals surface area contributed by atoms with Crippen LogP contribution in [0.4, 0.5) is 5.69 Å². The lowest BCUT2D eigenvalue weighted by Crippen LogP contribution is -2.20. The second kappa shape index (κ2) is 4.49. The third kappa shape index (κ3) is 2.61. The molecule has 13 heavy (non-hydrogen) atoms. The smallest absolute Gasteiger partial charge is 0.0606 e. The Morgan fingerprint density at radius 2 is 2.15 bits per heavy atom. The van der Waals surface area contributed by atoms with Gasteiger partial charge in [-0.2, -0.15) is 0 Å². The van der Waals surface area contributed by atoms with Gasteiger partial charge >= 0.3 is 0 Å². The van der Waals surface area contributed by atoms with Crippen molar-refractivity contribution in [2.45, 2.75) is 6.92 Å². The van der Waals surface area contributed by atoms with Crippen molar-refractivity contribution in [1.29, 1.82) is 0 Å². The maximum Gasteiger partial charge on any atom is 0.0606 e. The highest BCUT2D eigenvalue weighted by Crippen LogP contribution is 2.21. The molecule has 2 nitrogen and oxygen atoms in total. The van der Waals surface area contributed by atoms with Crippen LogP contribution in [0.3, 0.4) is 0 Å². The Labute approximate surface area is 83.7 Å². The fraction of sp³-hybridized carbons (Fsp3) is 0.400. The first-order chi connectivity index (χ1) is 6.15. The molecule has 0 spiro atoms. The number of rotatable bonds is 3. The van der Waals surface area contributed by atoms with Gasteiger partial charge in [-0.15, -0.1) is 0 Å². The standard InChI is InChI=1S/C10H14ClNO/c1-8-3-4-9(7-10(8)11)12(2)5-6-13/h3-4,7,13H,5-6H2,1-2H3. The first-order valence-electron chi connectivity index (χ1n) is 4.23. The molecule has 1 N–H and O–H groups in total. The van der Waals surface area contributed by atoms with Crippen LogP contribution in [0, 0.1) is 6.92 Å². The number of nitrogens with zero attached hydrogens (tertiary/aromatic N) is 1. The number of likely N-dealkylation sites (N-methyl/N-ethyl adjacent to an activating group) is 1. The molecule has 0 aliphatic heterocycles. The van der Waals surface area contributed by atoms with Gasteiger partial charge in [-0.05, 0) is 24.6 Å². The molecule has 0 atom stereocenters. The minimum atomic E-state index is 0.155. The second-order valence-corrected chi connectivity index (χ2v) is 3.49. The minimum Gasteiger partial charge on any atom is -0.395 e. The summed E-state index contributed by atoms with van der Waals surface area (Å²) < 4.78 is 0. The molecule has 0 bridgehead atoms. The van der Waals surface area contributed by atoms with E-state index in [-0.39, 0.29) is 6.61 Å². The molecule has 0 saturated carbocycles. The first kappa shape index (κ1) is 10.4. The van der Waals surface area contributed by atoms with E-state index in [1.165, 1.54) is 0 Å². The van der Waals surface area contributed by atoms with Crippen LogP contribution in [0.2, 0.25) is 5.02 Å². The van der Waals surface area contributed by atoms with Gasteiger partial charge in [-0.1, -0.05) is 17.7 Å². The fourth-order valence-corrected chi connectivity index (χ4v) is 1.27. The Kier molecular flexibility index (Phi) is 3.58. The van der Waals surface area contributed by atoms with Crippen LogP contribution >= 0.6 is 11.6 Å². The van der Waals surface area contributed by atoms with Crippen LogP contribution in [-0.2, 0) is 0 Å². The quantitative estimate of drug-likeness (QED) is 0.806. The molecule has 0 amide bonds. The molecule has 0 heterocycles. The number of benzene rings is 1. The summed E-state index contributed by atoms with van der Waals surface area (Å²) in [5.41, 5.74) is 2.10. The third-order valence-corrected chi connectivity index (χ3v) is 2.44. The summed E-state index contributed by atoms with van der Waals surface area (Å²) in [7, 11) is 1.93. The van der Waals surface area contributed by atoms with Crippen molar-refractivity contribution < 1.29 is 5.11 Å². The van der Waals surface area contributed by atoms with Gasteiger partial charge in [0, 0.05) is 24.3 Å². The van der Waals surface area contributed by atoms with Gasteiger partial charge in [-0.25, -0.2) is 0 Å². The molecular weight excluding hydrogens is 186 g/mol. The molecular formula is C10H14ClNO. The summed E-state index contributed by atoms with van der Waals surface area (Å²) in [6.07, 6.45) is 0. The van der Waals surface area contributed by atoms with Crippen LogP contribution in [0.5, 0.6) is 0 Å². The van der Waals surface area contributed by atoms with Crippen molar-refractivity contribution in [2.75, 3.05) is 25.1 Å². The zero-order valence-electron chi connectivity index (χ0n) is 7.92. The number of hydrogen-bond donors (Lipinski definition) is 1. The molecule has 0 saturated heterocycles. The average Bonchev–Trinajstić information content (AvgIpc) is 2.10. The molecule has 1 rings (SSSR count). The number of aliphatic hydroxyl groups is 1. The first-order valence-corrected chi connectivity index (χ1v) is 4.61. The highest BCUT2D eigenvalue weighted by molar-refractivity contribution is 6.31. The summed E-state index contributed by atoms with van der Waals surface area (Å²) in [6.45, 7) is 2.75. The van der Waals surface area contributed by atoms with Crippen molar-refractivity contribution in [1.82, 2.24) is 0 Å². The molecule has 0 radical (unpaired) electrons. The maximum absolute atomic E-state index is 8.75. The van der Waals surface area contributed by atoms with Crippen LogP contribution in [0.1, 0.15) is 5.56 Å². The number of halogens is 1. The van der Waals surface area contributed by atoms with Crippen molar-refractivity contribution in [3.05, 3.63) is 28.8 Å². The third-order valence-electron chi connectivity index (χ3n) is 2.03. The van der Waals surface area contributed by atoms with E-state index in [0.717, 1.165) is 16.3 Å². The summed E-state index contributed by atoms with van der Waals surface area (Å²) in [5.74, 6) is 0. The van der Waals surface area contributed by atoms with Gasteiger partial charge in [0.25, 0.3) is 0 Å². The summed E-state index contributed by atoms with van der Waals surface area (Å²) in [5, 5.41) is 9.51. The van der Waals surface area contributed by atoms with Crippen LogP contribution in [0.25, 0.3) is 0 Å². The van der Waals surface area contributed by atoms with E-state index in [1.807, 2.05) is 37.1 Å². The van der Waals surface area contributed by atoms with Gasteiger partial charge in [0.15, 0.2) is 0 Å². The highest BCUT2D eigenvalue weighted by Gasteiger charge is 2.01. The maximum atomic E-state index is 8.75. The Morgan fingerprint density at radius 1 is 1.46 bits per heavy atom. The van der Waals surface area contributed by atoms with E-state index in [2.05, 4.69) is 0 Å². The van der Waals surface area contributed by atoms with Gasteiger partial charge < -0.3 is 10.0 Å². The largest absolute Gasteiger partial charge is 0.395 e. The van der Waals surface area contributed by atoms with E-state index < -0.39 is 0 Å².